The van der Waals surface area contributed by atoms with Gasteiger partial charge in [0, 0.05) is 40.1 Å². The first kappa shape index (κ1) is 32.0. The van der Waals surface area contributed by atoms with Crippen LogP contribution in [0.5, 0.6) is 0 Å². The van der Waals surface area contributed by atoms with Gasteiger partial charge in [-0.3, -0.25) is 9.59 Å². The molecular formula is C30H35Cl2N5O4. The number of hydrogen-bond acceptors (Lipinski definition) is 8. The molecule has 1 amide bonds. The van der Waals surface area contributed by atoms with Gasteiger partial charge in [-0.1, -0.05) is 23.2 Å². The highest BCUT2D eigenvalue weighted by atomic mass is 35.5. The van der Waals surface area contributed by atoms with Crippen molar-refractivity contribution in [1.29, 1.82) is 5.41 Å². The zero-order valence-corrected chi connectivity index (χ0v) is 25.1. The van der Waals surface area contributed by atoms with Crippen molar-refractivity contribution < 1.29 is 19.1 Å². The maximum Gasteiger partial charge on any atom is 0.307 e. The number of halogens is 2. The molecule has 0 aliphatic rings. The van der Waals surface area contributed by atoms with Gasteiger partial charge >= 0.3 is 5.97 Å². The number of nitrogens with one attached hydrogen (secondary N) is 3. The molecule has 3 aromatic rings. The van der Waals surface area contributed by atoms with E-state index < -0.39 is 23.5 Å². The Morgan fingerprint density at radius 3 is 2.54 bits per heavy atom. The Morgan fingerprint density at radius 1 is 1.12 bits per heavy atom. The van der Waals surface area contributed by atoms with Gasteiger partial charge in [0.2, 0.25) is 0 Å². The topological polar surface area (TPSA) is 126 Å². The van der Waals surface area contributed by atoms with Crippen LogP contribution in [0, 0.1) is 5.41 Å². The van der Waals surface area contributed by atoms with Crippen LogP contribution in [0.25, 0.3) is 11.0 Å². The Balaban J connectivity index is 1.73. The summed E-state index contributed by atoms with van der Waals surface area (Å²) in [6.07, 6.45) is 4.50. The van der Waals surface area contributed by atoms with E-state index in [1.165, 1.54) is 13.3 Å². The number of ether oxygens (including phenoxy) is 2. The number of carbonyl (C=O) groups excluding carboxylic acids is 2. The summed E-state index contributed by atoms with van der Waals surface area (Å²) >= 11 is 12.4. The van der Waals surface area contributed by atoms with Crippen LogP contribution in [-0.2, 0) is 25.5 Å². The summed E-state index contributed by atoms with van der Waals surface area (Å²) in [6.45, 7) is 6.06. The molecule has 9 nitrogen and oxygen atoms in total. The predicted octanol–water partition coefficient (Wildman–Crippen LogP) is 5.60. The fourth-order valence-corrected chi connectivity index (χ4v) is 4.39. The number of methoxy groups -OCH3 is 1. The average Bonchev–Trinajstić information content (AvgIpc) is 2.92. The van der Waals surface area contributed by atoms with Crippen molar-refractivity contribution in [3.63, 3.8) is 0 Å². The number of pyridine rings is 2. The highest BCUT2D eigenvalue weighted by Crippen LogP contribution is 2.26. The Kier molecular flexibility index (Phi) is 11.6. The van der Waals surface area contributed by atoms with Crippen LogP contribution in [0.15, 0.2) is 60.4 Å². The monoisotopic (exact) mass is 599 g/mol. The molecule has 0 aliphatic heterocycles. The zero-order valence-electron chi connectivity index (χ0n) is 23.6. The van der Waals surface area contributed by atoms with Crippen molar-refractivity contribution in [2.24, 2.45) is 0 Å². The quantitative estimate of drug-likeness (QED) is 0.101. The largest absolute Gasteiger partial charge is 0.469 e. The molecule has 2 aromatic heterocycles. The minimum atomic E-state index is -0.793. The highest BCUT2D eigenvalue weighted by Gasteiger charge is 2.24. The van der Waals surface area contributed by atoms with Crippen molar-refractivity contribution in [2.75, 3.05) is 20.3 Å². The maximum atomic E-state index is 13.5. The van der Waals surface area contributed by atoms with Crippen LogP contribution in [-0.4, -0.2) is 53.4 Å². The van der Waals surface area contributed by atoms with Crippen molar-refractivity contribution in [1.82, 2.24) is 20.6 Å². The molecule has 3 N–H and O–H groups in total. The van der Waals surface area contributed by atoms with Crippen LogP contribution in [0.4, 0.5) is 0 Å². The smallest absolute Gasteiger partial charge is 0.307 e. The third-order valence-electron chi connectivity index (χ3n) is 5.93. The van der Waals surface area contributed by atoms with Gasteiger partial charge < -0.3 is 25.5 Å². The summed E-state index contributed by atoms with van der Waals surface area (Å²) in [5.74, 6) is -1.09. The summed E-state index contributed by atoms with van der Waals surface area (Å²) in [5, 5.41) is 16.3. The lowest BCUT2D eigenvalue weighted by molar-refractivity contribution is -0.141. The van der Waals surface area contributed by atoms with Gasteiger partial charge in [0.1, 0.15) is 0 Å². The number of esters is 1. The number of aryl methyl sites for hydroxylation is 1. The molecule has 0 spiro atoms. The molecule has 0 saturated carbocycles. The van der Waals surface area contributed by atoms with Crippen LogP contribution >= 0.6 is 23.2 Å². The lowest BCUT2D eigenvalue weighted by Gasteiger charge is -2.22. The lowest BCUT2D eigenvalue weighted by Crippen LogP contribution is -2.36. The number of hydrogen-bond donors (Lipinski definition) is 3. The van der Waals surface area contributed by atoms with E-state index in [1.54, 1.807) is 24.4 Å². The van der Waals surface area contributed by atoms with Gasteiger partial charge in [0.15, 0.2) is 5.65 Å². The van der Waals surface area contributed by atoms with E-state index in [9.17, 15) is 9.59 Å². The molecule has 1 aromatic carbocycles. The van der Waals surface area contributed by atoms with Gasteiger partial charge in [0.25, 0.3) is 5.91 Å². The molecule has 218 valence electrons. The Hall–Kier alpha value is -3.53. The van der Waals surface area contributed by atoms with E-state index in [0.29, 0.717) is 34.2 Å². The first-order chi connectivity index (χ1) is 19.4. The van der Waals surface area contributed by atoms with Crippen LogP contribution in [0.2, 0.25) is 10.0 Å². The van der Waals surface area contributed by atoms with Crippen molar-refractivity contribution in [2.45, 2.75) is 51.7 Å². The summed E-state index contributed by atoms with van der Waals surface area (Å²) in [4.78, 5) is 34.5. The van der Waals surface area contributed by atoms with Gasteiger partial charge in [-0.25, -0.2) is 9.97 Å². The van der Waals surface area contributed by atoms with Crippen molar-refractivity contribution >= 4 is 51.8 Å². The molecule has 1 unspecified atom stereocenters. The number of carbonyl (C=O) groups is 2. The third-order valence-corrected chi connectivity index (χ3v) is 6.37. The maximum absolute atomic E-state index is 13.5. The highest BCUT2D eigenvalue weighted by molar-refractivity contribution is 6.34. The predicted molar refractivity (Wildman–Crippen MR) is 161 cm³/mol. The molecule has 0 aliphatic carbocycles. The van der Waals surface area contributed by atoms with Gasteiger partial charge in [0.05, 0.1) is 43.1 Å². The van der Waals surface area contributed by atoms with E-state index in [0.717, 1.165) is 17.5 Å². The number of benzene rings is 1. The summed E-state index contributed by atoms with van der Waals surface area (Å²) < 4.78 is 10.6. The Morgan fingerprint density at radius 2 is 1.85 bits per heavy atom. The number of amides is 1. The average molecular weight is 601 g/mol. The summed E-state index contributed by atoms with van der Waals surface area (Å²) in [6, 6.07) is 11.8. The molecule has 0 fully saturated rings. The molecule has 1 atom stereocenters. The second-order valence-corrected chi connectivity index (χ2v) is 11.2. The van der Waals surface area contributed by atoms with E-state index >= 15 is 0 Å². The first-order valence-electron chi connectivity index (χ1n) is 13.1. The third kappa shape index (κ3) is 10.4. The van der Waals surface area contributed by atoms with Gasteiger partial charge in [-0.15, -0.1) is 0 Å². The van der Waals surface area contributed by atoms with Gasteiger partial charge in [-0.05, 0) is 81.6 Å². The number of aromatic nitrogens is 2. The number of rotatable bonds is 13. The molecule has 11 heteroatoms. The van der Waals surface area contributed by atoms with Crippen molar-refractivity contribution in [3.8, 4) is 0 Å². The molecule has 41 heavy (non-hydrogen) atoms. The molecule has 0 radical (unpaired) electrons. The van der Waals surface area contributed by atoms with Crippen LogP contribution in [0.1, 0.15) is 50.9 Å². The van der Waals surface area contributed by atoms with E-state index in [2.05, 4.69) is 20.6 Å². The normalized spacial score (nSPS) is 12.6. The fourth-order valence-electron chi connectivity index (χ4n) is 3.85. The van der Waals surface area contributed by atoms with Crippen LogP contribution < -0.4 is 10.6 Å². The summed E-state index contributed by atoms with van der Waals surface area (Å²) in [7, 11) is 1.27. The molecule has 3 rings (SSSR count). The minimum Gasteiger partial charge on any atom is -0.469 e. The van der Waals surface area contributed by atoms with Crippen molar-refractivity contribution in [3.05, 3.63) is 81.7 Å². The second-order valence-electron chi connectivity index (χ2n) is 10.4. The fraction of sp³-hybridized carbons (Fsp3) is 0.367. The molecule has 0 bridgehead atoms. The zero-order chi connectivity index (χ0) is 30.0. The minimum absolute atomic E-state index is 0.0202. The molecular weight excluding hydrogens is 565 g/mol. The number of fused-ring (bicyclic) bond motifs is 1. The second kappa shape index (κ2) is 14.9. The molecule has 2 heterocycles. The Bertz CT molecular complexity index is 1400. The lowest BCUT2D eigenvalue weighted by atomic mass is 10.0. The molecule has 0 saturated heterocycles. The SMILES string of the molecule is COC(=O)CC(NC(=O)/C(=C/NCCCc1ccc2cccnc2n1)C(=N)COC(C)(C)C)c1cc(Cl)cc(Cl)c1. The van der Waals surface area contributed by atoms with E-state index in [1.807, 2.05) is 45.0 Å². The van der Waals surface area contributed by atoms with E-state index in [-0.39, 0.29) is 24.3 Å². The van der Waals surface area contributed by atoms with Gasteiger partial charge in [-0.2, -0.15) is 0 Å². The standard InChI is InChI=1S/C30H35Cl2N5O4/c1-30(2,3)41-18-25(33)24(17-34-11-6-8-23-10-9-19-7-5-12-35-28(19)36-23)29(39)37-26(16-27(38)40-4)20-13-21(31)15-22(32)14-20/h5,7,9-10,12-15,17,26,33-34H,6,8,11,16,18H2,1-4H3,(H,37,39)/b24-17+,33-25?. The Labute approximate surface area is 250 Å². The van der Waals surface area contributed by atoms with Crippen LogP contribution in [0.3, 0.4) is 0 Å². The first-order valence-corrected chi connectivity index (χ1v) is 13.9. The van der Waals surface area contributed by atoms with E-state index in [4.69, 9.17) is 38.1 Å². The number of nitrogens with zero attached hydrogens (tertiary/aromatic N) is 2. The summed E-state index contributed by atoms with van der Waals surface area (Å²) in [5.41, 5.74) is 1.69.